The smallest absolute Gasteiger partial charge is 0.240 e. The lowest BCUT2D eigenvalue weighted by molar-refractivity contribution is 0.500. The summed E-state index contributed by atoms with van der Waals surface area (Å²) in [7, 11) is -2.15. The Kier molecular flexibility index (Phi) is 4.54. The predicted octanol–water partition coefficient (Wildman–Crippen LogP) is 2.49. The Bertz CT molecular complexity index is 731. The average Bonchev–Trinajstić information content (AvgIpc) is 2.49. The average molecular weight is 312 g/mol. The lowest BCUT2D eigenvalue weighted by Gasteiger charge is -2.09. The number of halogens is 2. The van der Waals surface area contributed by atoms with Gasteiger partial charge in [0, 0.05) is 17.8 Å². The van der Waals surface area contributed by atoms with Gasteiger partial charge in [-0.3, -0.25) is 0 Å². The zero-order chi connectivity index (χ0) is 15.5. The fourth-order valence-electron chi connectivity index (χ4n) is 1.75. The summed E-state index contributed by atoms with van der Waals surface area (Å²) in [5.74, 6) is -1.79. The summed E-state index contributed by atoms with van der Waals surface area (Å²) in [6.45, 7) is 0.0989. The third-order valence-electron chi connectivity index (χ3n) is 2.95. The Morgan fingerprint density at radius 2 is 1.71 bits per heavy atom. The van der Waals surface area contributed by atoms with Gasteiger partial charge in [-0.2, -0.15) is 0 Å². The zero-order valence-electron chi connectivity index (χ0n) is 11.2. The molecule has 4 nitrogen and oxygen atoms in total. The van der Waals surface area contributed by atoms with E-state index in [9.17, 15) is 17.2 Å². The van der Waals surface area contributed by atoms with Crippen LogP contribution in [-0.4, -0.2) is 15.5 Å². The topological polar surface area (TPSA) is 58.2 Å². The molecule has 0 saturated heterocycles. The molecule has 2 rings (SSSR count). The van der Waals surface area contributed by atoms with Crippen molar-refractivity contribution in [3.63, 3.8) is 0 Å². The van der Waals surface area contributed by atoms with Crippen molar-refractivity contribution in [3.05, 3.63) is 59.7 Å². The minimum Gasteiger partial charge on any atom is -0.381 e. The van der Waals surface area contributed by atoms with Crippen LogP contribution in [0.1, 0.15) is 5.56 Å². The first-order chi connectivity index (χ1) is 9.94. The maximum atomic E-state index is 13.5. The Balaban J connectivity index is 2.09. The molecule has 7 heteroatoms. The van der Waals surface area contributed by atoms with Crippen molar-refractivity contribution in [1.82, 2.24) is 4.72 Å². The van der Waals surface area contributed by atoms with Crippen molar-refractivity contribution in [3.8, 4) is 0 Å². The standard InChI is InChI=1S/C14H14F2N2O2S/c1-17-21(19,20)12-7-5-11(6-8-12)18-9-10-3-2-4-13(15)14(10)16/h2-8,17-18H,9H2,1H3. The number of rotatable bonds is 5. The molecule has 0 atom stereocenters. The van der Waals surface area contributed by atoms with Crippen LogP contribution < -0.4 is 10.0 Å². The lowest BCUT2D eigenvalue weighted by Crippen LogP contribution is -2.18. The highest BCUT2D eigenvalue weighted by molar-refractivity contribution is 7.89. The summed E-state index contributed by atoms with van der Waals surface area (Å²) in [5, 5.41) is 2.90. The molecule has 0 aliphatic rings. The maximum absolute atomic E-state index is 13.5. The Hall–Kier alpha value is -1.99. The first kappa shape index (κ1) is 15.4. The van der Waals surface area contributed by atoms with E-state index in [2.05, 4.69) is 10.0 Å². The SMILES string of the molecule is CNS(=O)(=O)c1ccc(NCc2cccc(F)c2F)cc1. The van der Waals surface area contributed by atoms with Crippen LogP contribution in [0.5, 0.6) is 0 Å². The van der Waals surface area contributed by atoms with E-state index in [0.29, 0.717) is 5.69 Å². The van der Waals surface area contributed by atoms with Gasteiger partial charge >= 0.3 is 0 Å². The van der Waals surface area contributed by atoms with Crippen LogP contribution >= 0.6 is 0 Å². The summed E-state index contributed by atoms with van der Waals surface area (Å²) in [6, 6.07) is 9.93. The summed E-state index contributed by atoms with van der Waals surface area (Å²) in [5.41, 5.74) is 0.802. The molecule has 0 fully saturated rings. The van der Waals surface area contributed by atoms with E-state index in [1.54, 1.807) is 12.1 Å². The summed E-state index contributed by atoms with van der Waals surface area (Å²) < 4.78 is 51.8. The van der Waals surface area contributed by atoms with Crippen LogP contribution in [0.15, 0.2) is 47.4 Å². The molecule has 0 aliphatic heterocycles. The maximum Gasteiger partial charge on any atom is 0.240 e. The van der Waals surface area contributed by atoms with Gasteiger partial charge in [-0.1, -0.05) is 12.1 Å². The molecule has 0 radical (unpaired) electrons. The van der Waals surface area contributed by atoms with Crippen molar-refractivity contribution in [2.75, 3.05) is 12.4 Å². The van der Waals surface area contributed by atoms with Gasteiger partial charge in [0.25, 0.3) is 0 Å². The Morgan fingerprint density at radius 3 is 2.33 bits per heavy atom. The molecule has 2 N–H and O–H groups in total. The minimum absolute atomic E-state index is 0.0989. The summed E-state index contributed by atoms with van der Waals surface area (Å²) in [6.07, 6.45) is 0. The van der Waals surface area contributed by atoms with Gasteiger partial charge in [0.2, 0.25) is 10.0 Å². The number of anilines is 1. The van der Waals surface area contributed by atoms with Crippen molar-refractivity contribution in [2.45, 2.75) is 11.4 Å². The number of hydrogen-bond donors (Lipinski definition) is 2. The number of hydrogen-bond acceptors (Lipinski definition) is 3. The van der Waals surface area contributed by atoms with E-state index < -0.39 is 21.7 Å². The van der Waals surface area contributed by atoms with Gasteiger partial charge in [-0.15, -0.1) is 0 Å². The van der Waals surface area contributed by atoms with Crippen molar-refractivity contribution in [1.29, 1.82) is 0 Å². The summed E-state index contributed by atoms with van der Waals surface area (Å²) >= 11 is 0. The largest absolute Gasteiger partial charge is 0.381 e. The second-order valence-corrected chi connectivity index (χ2v) is 6.18. The number of benzene rings is 2. The van der Waals surface area contributed by atoms with E-state index in [4.69, 9.17) is 0 Å². The van der Waals surface area contributed by atoms with Gasteiger partial charge in [-0.05, 0) is 37.4 Å². The van der Waals surface area contributed by atoms with Gasteiger partial charge in [0.15, 0.2) is 11.6 Å². The zero-order valence-corrected chi connectivity index (χ0v) is 12.0. The van der Waals surface area contributed by atoms with Crippen LogP contribution in [0.4, 0.5) is 14.5 Å². The van der Waals surface area contributed by atoms with Gasteiger partial charge < -0.3 is 5.32 Å². The van der Waals surface area contributed by atoms with Crippen LogP contribution in [-0.2, 0) is 16.6 Å². The fourth-order valence-corrected chi connectivity index (χ4v) is 2.48. The van der Waals surface area contributed by atoms with Crippen LogP contribution in [0.3, 0.4) is 0 Å². The van der Waals surface area contributed by atoms with Gasteiger partial charge in [-0.25, -0.2) is 21.9 Å². The molecule has 0 unspecified atom stereocenters. The molecule has 0 saturated carbocycles. The molecule has 0 aliphatic carbocycles. The normalized spacial score (nSPS) is 11.4. The highest BCUT2D eigenvalue weighted by Gasteiger charge is 2.11. The Labute approximate surface area is 121 Å². The van der Waals surface area contributed by atoms with E-state index in [0.717, 1.165) is 6.07 Å². The quantitative estimate of drug-likeness (QED) is 0.892. The van der Waals surface area contributed by atoms with Crippen LogP contribution in [0.25, 0.3) is 0 Å². The van der Waals surface area contributed by atoms with Crippen molar-refractivity contribution >= 4 is 15.7 Å². The first-order valence-electron chi connectivity index (χ1n) is 6.14. The van der Waals surface area contributed by atoms with E-state index in [1.807, 2.05) is 0 Å². The van der Waals surface area contributed by atoms with Crippen molar-refractivity contribution < 1.29 is 17.2 Å². The molecule has 0 heterocycles. The molecule has 21 heavy (non-hydrogen) atoms. The molecule has 0 aromatic heterocycles. The second kappa shape index (κ2) is 6.19. The van der Waals surface area contributed by atoms with E-state index in [1.165, 1.54) is 31.3 Å². The molecular formula is C14H14F2N2O2S. The van der Waals surface area contributed by atoms with Crippen molar-refractivity contribution in [2.24, 2.45) is 0 Å². The number of sulfonamides is 1. The van der Waals surface area contributed by atoms with Gasteiger partial charge in [0.1, 0.15) is 0 Å². The third-order valence-corrected chi connectivity index (χ3v) is 4.38. The fraction of sp³-hybridized carbons (Fsp3) is 0.143. The monoisotopic (exact) mass is 312 g/mol. The van der Waals surface area contributed by atoms with E-state index in [-0.39, 0.29) is 17.0 Å². The van der Waals surface area contributed by atoms with Crippen LogP contribution in [0.2, 0.25) is 0 Å². The molecular weight excluding hydrogens is 298 g/mol. The first-order valence-corrected chi connectivity index (χ1v) is 7.63. The molecule has 0 spiro atoms. The molecule has 0 bridgehead atoms. The molecule has 2 aromatic rings. The second-order valence-electron chi connectivity index (χ2n) is 4.30. The Morgan fingerprint density at radius 1 is 1.05 bits per heavy atom. The van der Waals surface area contributed by atoms with E-state index >= 15 is 0 Å². The molecule has 2 aromatic carbocycles. The highest BCUT2D eigenvalue weighted by atomic mass is 32.2. The minimum atomic E-state index is -3.48. The predicted molar refractivity (Wildman–Crippen MR) is 76.4 cm³/mol. The van der Waals surface area contributed by atoms with Crippen LogP contribution in [0, 0.1) is 11.6 Å². The number of nitrogens with one attached hydrogen (secondary N) is 2. The van der Waals surface area contributed by atoms with Gasteiger partial charge in [0.05, 0.1) is 4.90 Å². The summed E-state index contributed by atoms with van der Waals surface area (Å²) in [4.78, 5) is 0.132. The molecule has 112 valence electrons. The molecule has 0 amide bonds. The highest BCUT2D eigenvalue weighted by Crippen LogP contribution is 2.16. The third kappa shape index (κ3) is 3.56. The lowest BCUT2D eigenvalue weighted by atomic mass is 10.2.